The molecule has 5 heteroatoms. The molecular weight excluding hydrogens is 244 g/mol. The van der Waals surface area contributed by atoms with Gasteiger partial charge in [-0.1, -0.05) is 0 Å². The number of hydrogen-bond donors (Lipinski definition) is 1. The monoisotopic (exact) mass is 264 g/mol. The van der Waals surface area contributed by atoms with E-state index in [1.165, 1.54) is 5.56 Å². The minimum atomic E-state index is 0.305. The van der Waals surface area contributed by atoms with Crippen molar-refractivity contribution in [1.29, 1.82) is 0 Å². The predicted octanol–water partition coefficient (Wildman–Crippen LogP) is 0.872. The van der Waals surface area contributed by atoms with Crippen LogP contribution in [0.25, 0.3) is 0 Å². The van der Waals surface area contributed by atoms with Gasteiger partial charge < -0.3 is 24.4 Å². The van der Waals surface area contributed by atoms with Crippen molar-refractivity contribution in [3.63, 3.8) is 0 Å². The third kappa shape index (κ3) is 2.77. The van der Waals surface area contributed by atoms with E-state index >= 15 is 0 Å². The second-order valence-corrected chi connectivity index (χ2v) is 4.86. The summed E-state index contributed by atoms with van der Waals surface area (Å²) in [6.07, 6.45) is 0.972. The van der Waals surface area contributed by atoms with Crippen molar-refractivity contribution in [1.82, 2.24) is 10.2 Å². The van der Waals surface area contributed by atoms with E-state index in [2.05, 4.69) is 10.2 Å². The van der Waals surface area contributed by atoms with Gasteiger partial charge in [-0.05, 0) is 18.1 Å². The molecule has 1 aromatic rings. The van der Waals surface area contributed by atoms with Gasteiger partial charge in [0.05, 0.1) is 7.11 Å². The van der Waals surface area contributed by atoms with Crippen molar-refractivity contribution in [3.8, 4) is 17.2 Å². The van der Waals surface area contributed by atoms with Gasteiger partial charge in [-0.25, -0.2) is 0 Å². The Morgan fingerprint density at radius 1 is 1.21 bits per heavy atom. The fourth-order valence-corrected chi connectivity index (χ4v) is 2.56. The largest absolute Gasteiger partial charge is 0.496 e. The third-order valence-electron chi connectivity index (χ3n) is 3.68. The number of piperazine rings is 1. The van der Waals surface area contributed by atoms with Gasteiger partial charge in [0.25, 0.3) is 0 Å². The summed E-state index contributed by atoms with van der Waals surface area (Å²) in [5.74, 6) is 2.50. The number of hydrogen-bond acceptors (Lipinski definition) is 5. The molecule has 0 atom stereocenters. The molecule has 1 saturated heterocycles. The summed E-state index contributed by atoms with van der Waals surface area (Å²) in [6.45, 7) is 5.76. The normalized spacial score (nSPS) is 18.6. The van der Waals surface area contributed by atoms with E-state index < -0.39 is 0 Å². The first-order chi connectivity index (χ1) is 9.36. The van der Waals surface area contributed by atoms with Crippen LogP contribution in [0.3, 0.4) is 0 Å². The van der Waals surface area contributed by atoms with Gasteiger partial charge in [-0.15, -0.1) is 0 Å². The van der Waals surface area contributed by atoms with Crippen LogP contribution in [-0.2, 0) is 6.42 Å². The third-order valence-corrected chi connectivity index (χ3v) is 3.68. The highest BCUT2D eigenvalue weighted by Crippen LogP contribution is 2.38. The second kappa shape index (κ2) is 5.67. The van der Waals surface area contributed by atoms with E-state index in [0.29, 0.717) is 6.79 Å². The van der Waals surface area contributed by atoms with E-state index in [4.69, 9.17) is 14.2 Å². The van der Waals surface area contributed by atoms with Crippen molar-refractivity contribution < 1.29 is 14.2 Å². The maximum atomic E-state index is 5.44. The molecule has 104 valence electrons. The van der Waals surface area contributed by atoms with E-state index in [0.717, 1.165) is 56.4 Å². The Balaban J connectivity index is 1.69. The quantitative estimate of drug-likeness (QED) is 0.874. The Hall–Kier alpha value is -1.46. The molecule has 0 saturated carbocycles. The highest BCUT2D eigenvalue weighted by molar-refractivity contribution is 5.51. The van der Waals surface area contributed by atoms with Gasteiger partial charge in [0.2, 0.25) is 6.79 Å². The number of nitrogens with zero attached hydrogens (tertiary/aromatic N) is 1. The first-order valence-electron chi connectivity index (χ1n) is 6.76. The lowest BCUT2D eigenvalue weighted by molar-refractivity contribution is 0.174. The van der Waals surface area contributed by atoms with Gasteiger partial charge >= 0.3 is 0 Å². The van der Waals surface area contributed by atoms with Crippen LogP contribution in [0.2, 0.25) is 0 Å². The van der Waals surface area contributed by atoms with Crippen LogP contribution in [0, 0.1) is 0 Å². The van der Waals surface area contributed by atoms with Gasteiger partial charge in [0.15, 0.2) is 11.5 Å². The summed E-state index contributed by atoms with van der Waals surface area (Å²) in [5, 5.41) is 3.37. The molecule has 0 radical (unpaired) electrons. The maximum absolute atomic E-state index is 5.44. The minimum absolute atomic E-state index is 0.305. The zero-order valence-corrected chi connectivity index (χ0v) is 11.3. The average molecular weight is 264 g/mol. The van der Waals surface area contributed by atoms with Crippen LogP contribution in [-0.4, -0.2) is 51.5 Å². The molecule has 2 aliphatic heterocycles. The highest BCUT2D eigenvalue weighted by atomic mass is 16.7. The Labute approximate surface area is 113 Å². The number of rotatable bonds is 4. The molecule has 0 unspecified atom stereocenters. The first-order valence-corrected chi connectivity index (χ1v) is 6.76. The molecule has 5 nitrogen and oxygen atoms in total. The lowest BCUT2D eigenvalue weighted by Gasteiger charge is -2.27. The van der Waals surface area contributed by atoms with Crippen LogP contribution >= 0.6 is 0 Å². The van der Waals surface area contributed by atoms with Crippen LogP contribution in [0.4, 0.5) is 0 Å². The van der Waals surface area contributed by atoms with E-state index in [9.17, 15) is 0 Å². The van der Waals surface area contributed by atoms with Crippen molar-refractivity contribution in [3.05, 3.63) is 17.7 Å². The molecule has 19 heavy (non-hydrogen) atoms. The Morgan fingerprint density at radius 2 is 1.95 bits per heavy atom. The van der Waals surface area contributed by atoms with Crippen molar-refractivity contribution >= 4 is 0 Å². The summed E-state index contributed by atoms with van der Waals surface area (Å²) in [4.78, 5) is 2.47. The molecule has 0 spiro atoms. The van der Waals surface area contributed by atoms with Gasteiger partial charge in [0, 0.05) is 38.8 Å². The minimum Gasteiger partial charge on any atom is -0.496 e. The molecular formula is C14H20N2O3. The number of ether oxygens (including phenoxy) is 3. The topological polar surface area (TPSA) is 43.0 Å². The molecule has 1 aromatic carbocycles. The fraction of sp³-hybridized carbons (Fsp3) is 0.571. The molecule has 1 N–H and O–H groups in total. The van der Waals surface area contributed by atoms with Crippen LogP contribution in [0.15, 0.2) is 12.1 Å². The highest BCUT2D eigenvalue weighted by Gasteiger charge is 2.18. The Morgan fingerprint density at radius 3 is 2.68 bits per heavy atom. The second-order valence-electron chi connectivity index (χ2n) is 4.86. The number of methoxy groups -OCH3 is 1. The zero-order valence-electron chi connectivity index (χ0n) is 11.3. The standard InChI is InChI=1S/C14H20N2O3/c1-17-12-9-14-13(18-10-19-14)8-11(12)2-5-16-6-3-15-4-7-16/h8-9,15H,2-7,10H2,1H3. The Kier molecular flexibility index (Phi) is 3.75. The number of benzene rings is 1. The van der Waals surface area contributed by atoms with Crippen molar-refractivity contribution in [2.24, 2.45) is 0 Å². The predicted molar refractivity (Wildman–Crippen MR) is 72.1 cm³/mol. The smallest absolute Gasteiger partial charge is 0.231 e. The summed E-state index contributed by atoms with van der Waals surface area (Å²) < 4.78 is 16.2. The number of fused-ring (bicyclic) bond motifs is 1. The summed E-state index contributed by atoms with van der Waals surface area (Å²) in [5.41, 5.74) is 1.19. The molecule has 2 heterocycles. The van der Waals surface area contributed by atoms with Gasteiger partial charge in [-0.3, -0.25) is 0 Å². The fourth-order valence-electron chi connectivity index (χ4n) is 2.56. The summed E-state index contributed by atoms with van der Waals surface area (Å²) >= 11 is 0. The summed E-state index contributed by atoms with van der Waals surface area (Å²) in [6, 6.07) is 3.97. The first kappa shape index (κ1) is 12.6. The Bertz CT molecular complexity index is 445. The van der Waals surface area contributed by atoms with Gasteiger partial charge in [-0.2, -0.15) is 0 Å². The van der Waals surface area contributed by atoms with E-state index in [-0.39, 0.29) is 0 Å². The molecule has 0 aromatic heterocycles. The van der Waals surface area contributed by atoms with Crippen LogP contribution < -0.4 is 19.5 Å². The van der Waals surface area contributed by atoms with Crippen molar-refractivity contribution in [2.75, 3.05) is 46.6 Å². The van der Waals surface area contributed by atoms with E-state index in [1.54, 1.807) is 7.11 Å². The molecule has 3 rings (SSSR count). The molecule has 0 aliphatic carbocycles. The van der Waals surface area contributed by atoms with Gasteiger partial charge in [0.1, 0.15) is 5.75 Å². The lowest BCUT2D eigenvalue weighted by atomic mass is 10.1. The molecule has 2 aliphatic rings. The molecule has 1 fully saturated rings. The van der Waals surface area contributed by atoms with E-state index in [1.807, 2.05) is 12.1 Å². The van der Waals surface area contributed by atoms with Crippen molar-refractivity contribution in [2.45, 2.75) is 6.42 Å². The zero-order chi connectivity index (χ0) is 13.1. The van der Waals surface area contributed by atoms with Crippen LogP contribution in [0.1, 0.15) is 5.56 Å². The average Bonchev–Trinajstić information content (AvgIpc) is 2.92. The summed E-state index contributed by atoms with van der Waals surface area (Å²) in [7, 11) is 1.70. The lowest BCUT2D eigenvalue weighted by Crippen LogP contribution is -2.44. The molecule has 0 amide bonds. The van der Waals surface area contributed by atoms with Crippen LogP contribution in [0.5, 0.6) is 17.2 Å². The maximum Gasteiger partial charge on any atom is 0.231 e. The molecule has 0 bridgehead atoms. The number of nitrogens with one attached hydrogen (secondary N) is 1. The SMILES string of the molecule is COc1cc2c(cc1CCN1CCNCC1)OCO2.